The van der Waals surface area contributed by atoms with E-state index in [4.69, 9.17) is 11.6 Å². The number of benzene rings is 1. The lowest BCUT2D eigenvalue weighted by Gasteiger charge is -2.13. The fraction of sp³-hybridized carbons (Fsp3) is 0.167. The second kappa shape index (κ2) is 5.76. The number of nitrogens with zero attached hydrogens (tertiary/aromatic N) is 3. The van der Waals surface area contributed by atoms with Crippen molar-refractivity contribution >= 4 is 28.8 Å². The molecular weight excluding hydrogens is 325 g/mol. The lowest BCUT2D eigenvalue weighted by Crippen LogP contribution is -2.12. The van der Waals surface area contributed by atoms with Crippen LogP contribution in [0.15, 0.2) is 24.4 Å². The summed E-state index contributed by atoms with van der Waals surface area (Å²) < 4.78 is 38.7. The molecule has 0 fully saturated rings. The summed E-state index contributed by atoms with van der Waals surface area (Å²) in [6.07, 6.45) is -4.22. The van der Waals surface area contributed by atoms with Gasteiger partial charge in [0, 0.05) is 12.3 Å². The number of aryl methyl sites for hydroxylation is 1. The molecule has 0 aliphatic carbocycles. The predicted molar refractivity (Wildman–Crippen MR) is 73.2 cm³/mol. The molecular formula is C12H8ClF3N4O2. The summed E-state index contributed by atoms with van der Waals surface area (Å²) in [5.41, 5.74) is -1.08. The molecule has 2 aromatic rings. The summed E-state index contributed by atoms with van der Waals surface area (Å²) in [6.45, 7) is 1.62. The number of anilines is 2. The highest BCUT2D eigenvalue weighted by Crippen LogP contribution is 2.36. The summed E-state index contributed by atoms with van der Waals surface area (Å²) in [5, 5.41) is 12.9. The van der Waals surface area contributed by atoms with Gasteiger partial charge in [0.05, 0.1) is 4.92 Å². The third-order valence-electron chi connectivity index (χ3n) is 2.67. The number of hydrogen-bond donors (Lipinski definition) is 1. The van der Waals surface area contributed by atoms with E-state index in [0.717, 1.165) is 0 Å². The molecule has 6 nitrogen and oxygen atoms in total. The minimum Gasteiger partial charge on any atom is -0.334 e. The maximum Gasteiger partial charge on any atom is 0.421 e. The highest BCUT2D eigenvalue weighted by atomic mass is 35.5. The second-order valence-electron chi connectivity index (χ2n) is 4.30. The SMILES string of the molecule is Cc1ccc(Nc2nc(Cl)ncc2C(F)(F)F)c([N+](=O)[O-])c1. The van der Waals surface area contributed by atoms with Gasteiger partial charge in [-0.1, -0.05) is 6.07 Å². The fourth-order valence-electron chi connectivity index (χ4n) is 1.69. The van der Waals surface area contributed by atoms with E-state index >= 15 is 0 Å². The highest BCUT2D eigenvalue weighted by molar-refractivity contribution is 6.28. The van der Waals surface area contributed by atoms with E-state index in [2.05, 4.69) is 15.3 Å². The van der Waals surface area contributed by atoms with Gasteiger partial charge in [0.15, 0.2) is 0 Å². The zero-order chi connectivity index (χ0) is 16.5. The molecule has 10 heteroatoms. The van der Waals surface area contributed by atoms with Crippen LogP contribution in [-0.2, 0) is 6.18 Å². The van der Waals surface area contributed by atoms with Crippen molar-refractivity contribution in [2.45, 2.75) is 13.1 Å². The Labute approximate surface area is 127 Å². The van der Waals surface area contributed by atoms with Gasteiger partial charge < -0.3 is 5.32 Å². The van der Waals surface area contributed by atoms with Crippen molar-refractivity contribution in [3.8, 4) is 0 Å². The van der Waals surface area contributed by atoms with Gasteiger partial charge >= 0.3 is 6.18 Å². The van der Waals surface area contributed by atoms with Crippen LogP contribution in [0.5, 0.6) is 0 Å². The minimum absolute atomic E-state index is 0.129. The standard InChI is InChI=1S/C12H8ClF3N4O2/c1-6-2-3-8(9(4-6)20(21)22)18-10-7(12(14,15)16)5-17-11(13)19-10/h2-5H,1H3,(H,17,18,19). The van der Waals surface area contributed by atoms with Crippen LogP contribution in [0.25, 0.3) is 0 Å². The third-order valence-corrected chi connectivity index (χ3v) is 2.85. The number of alkyl halides is 3. The van der Waals surface area contributed by atoms with Crippen molar-refractivity contribution in [3.63, 3.8) is 0 Å². The average Bonchev–Trinajstić information content (AvgIpc) is 2.39. The molecule has 0 amide bonds. The van der Waals surface area contributed by atoms with Crippen LogP contribution in [0.1, 0.15) is 11.1 Å². The molecule has 1 heterocycles. The zero-order valence-electron chi connectivity index (χ0n) is 11.0. The lowest BCUT2D eigenvalue weighted by atomic mass is 10.2. The summed E-state index contributed by atoms with van der Waals surface area (Å²) in [5.74, 6) is -0.653. The Bertz CT molecular complexity index is 737. The van der Waals surface area contributed by atoms with Crippen molar-refractivity contribution in [1.82, 2.24) is 9.97 Å². The fourth-order valence-corrected chi connectivity index (χ4v) is 1.82. The lowest BCUT2D eigenvalue weighted by molar-refractivity contribution is -0.384. The Morgan fingerprint density at radius 3 is 2.64 bits per heavy atom. The monoisotopic (exact) mass is 332 g/mol. The Morgan fingerprint density at radius 2 is 2.05 bits per heavy atom. The van der Waals surface area contributed by atoms with Crippen LogP contribution in [0, 0.1) is 17.0 Å². The molecule has 0 aliphatic rings. The molecule has 0 radical (unpaired) electrons. The Hall–Kier alpha value is -2.42. The van der Waals surface area contributed by atoms with E-state index in [1.807, 2.05) is 0 Å². The van der Waals surface area contributed by atoms with Gasteiger partial charge in [0.25, 0.3) is 5.69 Å². The van der Waals surface area contributed by atoms with Gasteiger partial charge in [-0.05, 0) is 30.2 Å². The summed E-state index contributed by atoms with van der Waals surface area (Å²) in [6, 6.07) is 4.05. The van der Waals surface area contributed by atoms with E-state index < -0.39 is 27.8 Å². The molecule has 0 unspecified atom stereocenters. The quantitative estimate of drug-likeness (QED) is 0.519. The van der Waals surface area contributed by atoms with E-state index in [9.17, 15) is 23.3 Å². The third kappa shape index (κ3) is 3.42. The molecule has 0 saturated carbocycles. The van der Waals surface area contributed by atoms with Crippen molar-refractivity contribution in [3.05, 3.63) is 50.9 Å². The van der Waals surface area contributed by atoms with Gasteiger partial charge in [-0.15, -0.1) is 0 Å². The second-order valence-corrected chi connectivity index (χ2v) is 4.64. The molecule has 0 aliphatic heterocycles. The maximum absolute atomic E-state index is 12.9. The molecule has 1 aromatic carbocycles. The number of hydrogen-bond acceptors (Lipinski definition) is 5. The number of halogens is 4. The van der Waals surface area contributed by atoms with Crippen molar-refractivity contribution in [2.75, 3.05) is 5.32 Å². The summed E-state index contributed by atoms with van der Waals surface area (Å²) in [7, 11) is 0. The number of nitro benzene ring substituents is 1. The van der Waals surface area contributed by atoms with Crippen molar-refractivity contribution < 1.29 is 18.1 Å². The van der Waals surface area contributed by atoms with Gasteiger partial charge in [-0.25, -0.2) is 4.98 Å². The van der Waals surface area contributed by atoms with E-state index in [1.54, 1.807) is 6.92 Å². The average molecular weight is 333 g/mol. The van der Waals surface area contributed by atoms with Crippen LogP contribution >= 0.6 is 11.6 Å². The molecule has 1 N–H and O–H groups in total. The number of nitro groups is 1. The molecule has 2 rings (SSSR count). The molecule has 0 atom stereocenters. The zero-order valence-corrected chi connectivity index (χ0v) is 11.7. The first kappa shape index (κ1) is 16.0. The van der Waals surface area contributed by atoms with Crippen LogP contribution < -0.4 is 5.32 Å². The van der Waals surface area contributed by atoms with Crippen molar-refractivity contribution in [2.24, 2.45) is 0 Å². The topological polar surface area (TPSA) is 81.0 Å². The maximum atomic E-state index is 12.9. The van der Waals surface area contributed by atoms with Crippen LogP contribution in [0.4, 0.5) is 30.4 Å². The first-order valence-corrected chi connectivity index (χ1v) is 6.18. The molecule has 22 heavy (non-hydrogen) atoms. The molecule has 0 saturated heterocycles. The minimum atomic E-state index is -4.73. The Morgan fingerprint density at radius 1 is 1.36 bits per heavy atom. The molecule has 0 spiro atoms. The predicted octanol–water partition coefficient (Wildman–Crippen LogP) is 4.11. The van der Waals surface area contributed by atoms with Gasteiger partial charge in [0.2, 0.25) is 5.28 Å². The molecule has 0 bridgehead atoms. The summed E-state index contributed by atoms with van der Waals surface area (Å²) in [4.78, 5) is 17.0. The first-order chi connectivity index (χ1) is 10.2. The molecule has 116 valence electrons. The number of nitrogens with one attached hydrogen (secondary N) is 1. The van der Waals surface area contributed by atoms with E-state index in [0.29, 0.717) is 11.8 Å². The van der Waals surface area contributed by atoms with Gasteiger partial charge in [-0.2, -0.15) is 18.2 Å². The van der Waals surface area contributed by atoms with Crippen LogP contribution in [0.2, 0.25) is 5.28 Å². The number of aromatic nitrogens is 2. The Balaban J connectivity index is 2.52. The smallest absolute Gasteiger partial charge is 0.334 e. The largest absolute Gasteiger partial charge is 0.421 e. The first-order valence-electron chi connectivity index (χ1n) is 5.80. The normalized spacial score (nSPS) is 11.3. The van der Waals surface area contributed by atoms with Crippen LogP contribution in [-0.4, -0.2) is 14.9 Å². The van der Waals surface area contributed by atoms with Gasteiger partial charge in [0.1, 0.15) is 17.1 Å². The van der Waals surface area contributed by atoms with Crippen LogP contribution in [0.3, 0.4) is 0 Å². The number of rotatable bonds is 3. The Kier molecular flexibility index (Phi) is 4.18. The van der Waals surface area contributed by atoms with Gasteiger partial charge in [-0.3, -0.25) is 10.1 Å². The van der Waals surface area contributed by atoms with E-state index in [1.165, 1.54) is 18.2 Å². The molecule has 1 aromatic heterocycles. The van der Waals surface area contributed by atoms with E-state index in [-0.39, 0.29) is 11.4 Å². The summed E-state index contributed by atoms with van der Waals surface area (Å²) >= 11 is 5.50. The van der Waals surface area contributed by atoms with Crippen molar-refractivity contribution in [1.29, 1.82) is 0 Å². The highest BCUT2D eigenvalue weighted by Gasteiger charge is 2.35.